The van der Waals surface area contributed by atoms with Crippen molar-refractivity contribution >= 4 is 11.8 Å². The van der Waals surface area contributed by atoms with Crippen molar-refractivity contribution in [2.75, 3.05) is 52.9 Å². The van der Waals surface area contributed by atoms with Crippen LogP contribution in [0.5, 0.6) is 5.75 Å². The lowest BCUT2D eigenvalue weighted by molar-refractivity contribution is -0.133. The third-order valence-corrected chi connectivity index (χ3v) is 7.06. The number of para-hydroxylation sites is 1. The van der Waals surface area contributed by atoms with Gasteiger partial charge in [-0.3, -0.25) is 14.5 Å². The highest BCUT2D eigenvalue weighted by Crippen LogP contribution is 2.27. The molecule has 0 saturated carbocycles. The molecule has 2 aliphatic heterocycles. The number of nitrogens with zero attached hydrogens (tertiary/aromatic N) is 5. The van der Waals surface area contributed by atoms with Gasteiger partial charge in [0.15, 0.2) is 0 Å². The Morgan fingerprint density at radius 1 is 0.833 bits per heavy atom. The second kappa shape index (κ2) is 11.0. The summed E-state index contributed by atoms with van der Waals surface area (Å²) < 4.78 is 7.06. The number of hydrogen-bond acceptors (Lipinski definition) is 5. The average Bonchev–Trinajstić information content (AvgIpc) is 3.40. The first kappa shape index (κ1) is 24.1. The number of amides is 2. The number of piperazine rings is 1. The molecule has 3 heterocycles. The topological polar surface area (TPSA) is 70.9 Å². The van der Waals surface area contributed by atoms with E-state index in [2.05, 4.69) is 4.90 Å². The van der Waals surface area contributed by atoms with Gasteiger partial charge in [-0.05, 0) is 55.7 Å². The lowest BCUT2D eigenvalue weighted by atomic mass is 10.1. The number of hydrogen-bond donors (Lipinski definition) is 0. The van der Waals surface area contributed by atoms with Crippen LogP contribution in [0.1, 0.15) is 29.6 Å². The molecular weight excluding hydrogens is 454 g/mol. The lowest BCUT2D eigenvalue weighted by Gasteiger charge is -2.36. The van der Waals surface area contributed by atoms with Gasteiger partial charge in [0, 0.05) is 51.0 Å². The van der Waals surface area contributed by atoms with Crippen molar-refractivity contribution in [1.82, 2.24) is 24.5 Å². The number of likely N-dealkylation sites (tertiary alicyclic amines) is 1. The van der Waals surface area contributed by atoms with E-state index in [4.69, 9.17) is 9.84 Å². The zero-order valence-electron chi connectivity index (χ0n) is 20.8. The van der Waals surface area contributed by atoms with Crippen molar-refractivity contribution in [3.63, 3.8) is 0 Å². The molecule has 2 aliphatic rings. The van der Waals surface area contributed by atoms with Crippen molar-refractivity contribution in [2.24, 2.45) is 0 Å². The molecule has 1 aromatic heterocycles. The van der Waals surface area contributed by atoms with Gasteiger partial charge in [-0.1, -0.05) is 18.2 Å². The fourth-order valence-electron chi connectivity index (χ4n) is 4.92. The van der Waals surface area contributed by atoms with Gasteiger partial charge < -0.3 is 14.5 Å². The van der Waals surface area contributed by atoms with Crippen molar-refractivity contribution in [2.45, 2.75) is 19.3 Å². The molecule has 0 aliphatic carbocycles. The first-order valence-electron chi connectivity index (χ1n) is 12.7. The largest absolute Gasteiger partial charge is 0.497 e. The maximum atomic E-state index is 13.7. The Bertz CT molecular complexity index is 1180. The average molecular weight is 488 g/mol. The first-order chi connectivity index (χ1) is 17.6. The maximum Gasteiger partial charge on any atom is 0.257 e. The van der Waals surface area contributed by atoms with Crippen LogP contribution in [0, 0.1) is 0 Å². The molecule has 0 bridgehead atoms. The number of methoxy groups -OCH3 is 1. The molecule has 0 radical (unpaired) electrons. The predicted octanol–water partition coefficient (Wildman–Crippen LogP) is 3.32. The highest BCUT2D eigenvalue weighted by Gasteiger charge is 2.28. The third kappa shape index (κ3) is 5.28. The summed E-state index contributed by atoms with van der Waals surface area (Å²) in [6.07, 6.45) is 5.23. The van der Waals surface area contributed by atoms with Crippen molar-refractivity contribution in [3.05, 3.63) is 66.4 Å². The number of carbonyl (C=O) groups excluding carboxylic acids is 2. The molecule has 2 aromatic carbocycles. The zero-order valence-corrected chi connectivity index (χ0v) is 20.8. The van der Waals surface area contributed by atoms with Crippen LogP contribution in [-0.2, 0) is 4.79 Å². The second-order valence-corrected chi connectivity index (χ2v) is 9.41. The molecule has 2 amide bonds. The van der Waals surface area contributed by atoms with E-state index in [9.17, 15) is 9.59 Å². The lowest BCUT2D eigenvalue weighted by Crippen LogP contribution is -2.52. The molecule has 0 unspecified atom stereocenters. The standard InChI is InChI=1S/C28H33N5O3/c1-36-24-12-10-22(11-13-24)27-25(20-33(29-27)23-8-4-2-5-9-23)28(35)32-18-16-30(17-19-32)21-26(34)31-14-6-3-7-15-31/h2,4-5,8-13,20H,3,6-7,14-19,21H2,1H3. The summed E-state index contributed by atoms with van der Waals surface area (Å²) in [5, 5.41) is 4.80. The normalized spacial score (nSPS) is 16.7. The number of rotatable bonds is 6. The minimum Gasteiger partial charge on any atom is -0.497 e. The number of benzene rings is 2. The molecule has 2 fully saturated rings. The Morgan fingerprint density at radius 2 is 1.53 bits per heavy atom. The van der Waals surface area contributed by atoms with Gasteiger partial charge in [0.2, 0.25) is 5.91 Å². The predicted molar refractivity (Wildman–Crippen MR) is 138 cm³/mol. The molecule has 8 heteroatoms. The van der Waals surface area contributed by atoms with E-state index in [-0.39, 0.29) is 11.8 Å². The quantitative estimate of drug-likeness (QED) is 0.534. The van der Waals surface area contributed by atoms with Gasteiger partial charge in [0.1, 0.15) is 11.4 Å². The summed E-state index contributed by atoms with van der Waals surface area (Å²) in [7, 11) is 1.63. The smallest absolute Gasteiger partial charge is 0.257 e. The highest BCUT2D eigenvalue weighted by atomic mass is 16.5. The van der Waals surface area contributed by atoms with Crippen LogP contribution < -0.4 is 4.74 Å². The monoisotopic (exact) mass is 487 g/mol. The van der Waals surface area contributed by atoms with E-state index >= 15 is 0 Å². The van der Waals surface area contributed by atoms with Crippen LogP contribution >= 0.6 is 0 Å². The summed E-state index contributed by atoms with van der Waals surface area (Å²) in [4.78, 5) is 32.4. The van der Waals surface area contributed by atoms with Crippen LogP contribution in [0.25, 0.3) is 16.9 Å². The zero-order chi connectivity index (χ0) is 24.9. The van der Waals surface area contributed by atoms with E-state index < -0.39 is 0 Å². The van der Waals surface area contributed by atoms with Crippen molar-refractivity contribution < 1.29 is 14.3 Å². The van der Waals surface area contributed by atoms with Crippen LogP contribution in [-0.4, -0.2) is 89.2 Å². The molecule has 5 rings (SSSR count). The van der Waals surface area contributed by atoms with E-state index in [0.717, 1.165) is 42.9 Å². The van der Waals surface area contributed by atoms with E-state index in [1.807, 2.05) is 70.6 Å². The summed E-state index contributed by atoms with van der Waals surface area (Å²) in [6.45, 7) is 4.74. The summed E-state index contributed by atoms with van der Waals surface area (Å²) in [6, 6.07) is 17.4. The highest BCUT2D eigenvalue weighted by molar-refractivity contribution is 6.00. The Balaban J connectivity index is 1.31. The van der Waals surface area contributed by atoms with Gasteiger partial charge >= 0.3 is 0 Å². The van der Waals surface area contributed by atoms with Crippen LogP contribution in [0.2, 0.25) is 0 Å². The van der Waals surface area contributed by atoms with Gasteiger partial charge in [-0.25, -0.2) is 4.68 Å². The van der Waals surface area contributed by atoms with Gasteiger partial charge in [0.05, 0.1) is 24.9 Å². The fourth-order valence-corrected chi connectivity index (χ4v) is 4.92. The molecule has 3 aromatic rings. The Kier molecular flexibility index (Phi) is 7.32. The van der Waals surface area contributed by atoms with Gasteiger partial charge in [-0.15, -0.1) is 0 Å². The fraction of sp³-hybridized carbons (Fsp3) is 0.393. The minimum absolute atomic E-state index is 0.0370. The van der Waals surface area contributed by atoms with Crippen molar-refractivity contribution in [1.29, 1.82) is 0 Å². The van der Waals surface area contributed by atoms with Crippen LogP contribution in [0.3, 0.4) is 0 Å². The number of carbonyl (C=O) groups is 2. The van der Waals surface area contributed by atoms with E-state index in [0.29, 0.717) is 44.0 Å². The second-order valence-electron chi connectivity index (χ2n) is 9.41. The Hall–Kier alpha value is -3.65. The number of piperidine rings is 1. The summed E-state index contributed by atoms with van der Waals surface area (Å²) >= 11 is 0. The minimum atomic E-state index is -0.0370. The molecule has 2 saturated heterocycles. The Morgan fingerprint density at radius 3 is 2.19 bits per heavy atom. The molecule has 36 heavy (non-hydrogen) atoms. The van der Waals surface area contributed by atoms with Crippen LogP contribution in [0.15, 0.2) is 60.8 Å². The Labute approximate surface area is 212 Å². The van der Waals surface area contributed by atoms with E-state index in [1.54, 1.807) is 11.8 Å². The molecule has 188 valence electrons. The van der Waals surface area contributed by atoms with Crippen molar-refractivity contribution in [3.8, 4) is 22.7 Å². The van der Waals surface area contributed by atoms with Crippen LogP contribution in [0.4, 0.5) is 0 Å². The molecule has 8 nitrogen and oxygen atoms in total. The SMILES string of the molecule is COc1ccc(-c2nn(-c3ccccc3)cc2C(=O)N2CCN(CC(=O)N3CCCCC3)CC2)cc1. The van der Waals surface area contributed by atoms with E-state index in [1.165, 1.54) is 6.42 Å². The molecule has 0 spiro atoms. The summed E-state index contributed by atoms with van der Waals surface area (Å²) in [5.41, 5.74) is 2.98. The maximum absolute atomic E-state index is 13.7. The summed E-state index contributed by atoms with van der Waals surface area (Å²) in [5.74, 6) is 0.926. The number of aromatic nitrogens is 2. The molecule has 0 atom stereocenters. The number of ether oxygens (including phenoxy) is 1. The first-order valence-corrected chi connectivity index (χ1v) is 12.7. The molecule has 0 N–H and O–H groups in total. The molecular formula is C28H33N5O3. The van der Waals surface area contributed by atoms with Gasteiger partial charge in [-0.2, -0.15) is 5.10 Å². The van der Waals surface area contributed by atoms with Gasteiger partial charge in [0.25, 0.3) is 5.91 Å². The third-order valence-electron chi connectivity index (χ3n) is 7.06.